The van der Waals surface area contributed by atoms with Gasteiger partial charge in [0.25, 0.3) is 0 Å². The third-order valence-electron chi connectivity index (χ3n) is 1.50. The second-order valence-corrected chi connectivity index (χ2v) is 2.82. The Hall–Kier alpha value is -1.03. The van der Waals surface area contributed by atoms with Crippen LogP contribution in [0, 0.1) is 0 Å². The second kappa shape index (κ2) is 4.87. The molecule has 0 N–H and O–H groups in total. The number of carbonyl (C=O) groups excluding carboxylic acids is 2. The summed E-state index contributed by atoms with van der Waals surface area (Å²) in [5, 5.41) is 0. The van der Waals surface area contributed by atoms with Gasteiger partial charge in [-0.05, 0) is 0 Å². The molecule has 0 aromatic heterocycles. The molecule has 0 amide bonds. The highest BCUT2D eigenvalue weighted by atomic mass is 35.5. The van der Waals surface area contributed by atoms with Crippen LogP contribution in [0.2, 0.25) is 0 Å². The molecule has 0 unspecified atom stereocenters. The maximum absolute atomic E-state index is 11.0. The zero-order valence-electron chi connectivity index (χ0n) is 6.86. The Morgan fingerprint density at radius 1 is 1.77 bits per heavy atom. The monoisotopic (exact) mass is 204 g/mol. The lowest BCUT2D eigenvalue weighted by molar-refractivity contribution is -0.148. The molecule has 1 aliphatic heterocycles. The maximum Gasteiger partial charge on any atom is 0.310 e. The summed E-state index contributed by atoms with van der Waals surface area (Å²) in [6.07, 6.45) is 1.31. The smallest absolute Gasteiger partial charge is 0.310 e. The molecule has 72 valence electrons. The molecule has 0 bridgehead atoms. The maximum atomic E-state index is 11.0. The lowest BCUT2D eigenvalue weighted by Gasteiger charge is -2.06. The average molecular weight is 205 g/mol. The molecule has 1 rings (SSSR count). The minimum atomic E-state index is -0.427. The number of rotatable bonds is 3. The Morgan fingerprint density at radius 2 is 2.54 bits per heavy atom. The lowest BCUT2D eigenvalue weighted by atomic mass is 10.3. The second-order valence-electron chi connectivity index (χ2n) is 2.56. The van der Waals surface area contributed by atoms with Crippen molar-refractivity contribution in [2.75, 3.05) is 6.61 Å². The molecule has 13 heavy (non-hydrogen) atoms. The van der Waals surface area contributed by atoms with Gasteiger partial charge in [0, 0.05) is 5.54 Å². The number of ether oxygens (including phenoxy) is 2. The molecule has 1 heterocycles. The van der Waals surface area contributed by atoms with Crippen molar-refractivity contribution < 1.29 is 19.1 Å². The third-order valence-corrected chi connectivity index (χ3v) is 1.67. The van der Waals surface area contributed by atoms with Crippen molar-refractivity contribution >= 4 is 23.5 Å². The van der Waals surface area contributed by atoms with E-state index in [1.807, 2.05) is 0 Å². The molecule has 1 atom stereocenters. The highest BCUT2D eigenvalue weighted by Gasteiger charge is 2.26. The van der Waals surface area contributed by atoms with E-state index >= 15 is 0 Å². The van der Waals surface area contributed by atoms with E-state index in [9.17, 15) is 9.59 Å². The van der Waals surface area contributed by atoms with Crippen LogP contribution in [0.5, 0.6) is 0 Å². The Labute approximate surface area is 80.5 Å². The first-order valence-electron chi connectivity index (χ1n) is 3.82. The predicted molar refractivity (Wildman–Crippen MR) is 45.1 cm³/mol. The van der Waals surface area contributed by atoms with Gasteiger partial charge in [-0.25, -0.2) is 0 Å². The van der Waals surface area contributed by atoms with Gasteiger partial charge in [-0.15, -0.1) is 0 Å². The van der Waals surface area contributed by atoms with Gasteiger partial charge in [0.2, 0.25) is 0 Å². The summed E-state index contributed by atoms with van der Waals surface area (Å²) in [6.45, 7) is 0.162. The Morgan fingerprint density at radius 3 is 3.08 bits per heavy atom. The fourth-order valence-corrected chi connectivity index (χ4v) is 1.03. The first kappa shape index (κ1) is 10.1. The van der Waals surface area contributed by atoms with Crippen LogP contribution >= 0.6 is 11.6 Å². The van der Waals surface area contributed by atoms with Crippen LogP contribution < -0.4 is 0 Å². The molecule has 1 fully saturated rings. The normalized spacial score (nSPS) is 21.9. The molecule has 5 heteroatoms. The van der Waals surface area contributed by atoms with Crippen LogP contribution in [-0.4, -0.2) is 24.6 Å². The topological polar surface area (TPSA) is 52.6 Å². The minimum Gasteiger partial charge on any atom is -0.462 e. The standard InChI is InChI=1S/C8H9ClO4/c9-3-1-2-7(10)13-6-4-8(11)12-5-6/h1,3,6H,2,4-5H2/b3-1-/t6-/m0/s1. The van der Waals surface area contributed by atoms with Crippen molar-refractivity contribution in [1.29, 1.82) is 0 Å². The predicted octanol–water partition coefficient (Wildman–Crippen LogP) is 0.988. The highest BCUT2D eigenvalue weighted by Crippen LogP contribution is 2.10. The van der Waals surface area contributed by atoms with E-state index in [0.717, 1.165) is 0 Å². The van der Waals surface area contributed by atoms with Crippen molar-refractivity contribution in [3.05, 3.63) is 11.6 Å². The SMILES string of the molecule is O=C1C[C@H](OC(=O)C/C=C\Cl)CO1. The highest BCUT2D eigenvalue weighted by molar-refractivity contribution is 6.25. The molecule has 1 aliphatic rings. The molecule has 4 nitrogen and oxygen atoms in total. The minimum absolute atomic E-state index is 0.119. The molecule has 0 radical (unpaired) electrons. The van der Waals surface area contributed by atoms with Crippen molar-refractivity contribution in [1.82, 2.24) is 0 Å². The third kappa shape index (κ3) is 3.46. The molecule has 0 spiro atoms. The summed E-state index contributed by atoms with van der Waals surface area (Å²) in [6, 6.07) is 0. The van der Waals surface area contributed by atoms with Gasteiger partial charge in [-0.1, -0.05) is 17.7 Å². The van der Waals surface area contributed by atoms with Gasteiger partial charge >= 0.3 is 11.9 Å². The van der Waals surface area contributed by atoms with E-state index in [1.54, 1.807) is 0 Å². The number of hydrogen-bond donors (Lipinski definition) is 0. The van der Waals surface area contributed by atoms with Gasteiger partial charge in [0.15, 0.2) is 0 Å². The van der Waals surface area contributed by atoms with Crippen molar-refractivity contribution in [3.63, 3.8) is 0 Å². The van der Waals surface area contributed by atoms with Crippen LogP contribution in [0.3, 0.4) is 0 Å². The Balaban J connectivity index is 2.24. The molecule has 0 aromatic carbocycles. The molecule has 0 aliphatic carbocycles. The van der Waals surface area contributed by atoms with Crippen LogP contribution in [-0.2, 0) is 19.1 Å². The average Bonchev–Trinajstić information content (AvgIpc) is 2.48. The molecule has 0 aromatic rings. The number of esters is 2. The molecular formula is C8H9ClO4. The molecule has 0 saturated carbocycles. The van der Waals surface area contributed by atoms with Gasteiger partial charge < -0.3 is 9.47 Å². The molecule has 1 saturated heterocycles. The van der Waals surface area contributed by atoms with Crippen molar-refractivity contribution in [2.24, 2.45) is 0 Å². The Kier molecular flexibility index (Phi) is 3.76. The summed E-state index contributed by atoms with van der Waals surface area (Å²) >= 11 is 5.22. The quantitative estimate of drug-likeness (QED) is 0.644. The van der Waals surface area contributed by atoms with Crippen LogP contribution in [0.1, 0.15) is 12.8 Å². The summed E-state index contributed by atoms with van der Waals surface area (Å²) < 4.78 is 9.50. The van der Waals surface area contributed by atoms with E-state index in [2.05, 4.69) is 4.74 Å². The summed E-state index contributed by atoms with van der Waals surface area (Å²) in [4.78, 5) is 21.6. The number of halogens is 1. The number of hydrogen-bond acceptors (Lipinski definition) is 4. The van der Waals surface area contributed by atoms with Gasteiger partial charge in [-0.3, -0.25) is 9.59 Å². The largest absolute Gasteiger partial charge is 0.462 e. The molecular weight excluding hydrogens is 196 g/mol. The van der Waals surface area contributed by atoms with Gasteiger partial charge in [-0.2, -0.15) is 0 Å². The van der Waals surface area contributed by atoms with Crippen LogP contribution in [0.25, 0.3) is 0 Å². The summed E-state index contributed by atoms with van der Waals surface area (Å²) in [7, 11) is 0. The number of cyclic esters (lactones) is 1. The number of carbonyl (C=O) groups is 2. The van der Waals surface area contributed by atoms with E-state index < -0.39 is 12.1 Å². The summed E-state index contributed by atoms with van der Waals surface area (Å²) in [5.74, 6) is -0.731. The van der Waals surface area contributed by atoms with Gasteiger partial charge in [0.1, 0.15) is 12.7 Å². The zero-order valence-corrected chi connectivity index (χ0v) is 7.62. The fourth-order valence-electron chi connectivity index (χ4n) is 0.940. The van der Waals surface area contributed by atoms with E-state index in [-0.39, 0.29) is 25.4 Å². The van der Waals surface area contributed by atoms with Crippen LogP contribution in [0.4, 0.5) is 0 Å². The zero-order chi connectivity index (χ0) is 9.68. The lowest BCUT2D eigenvalue weighted by Crippen LogP contribution is -2.17. The first-order valence-corrected chi connectivity index (χ1v) is 4.26. The van der Waals surface area contributed by atoms with E-state index in [1.165, 1.54) is 11.6 Å². The summed E-state index contributed by atoms with van der Waals surface area (Å²) in [5.41, 5.74) is 1.25. The van der Waals surface area contributed by atoms with Crippen molar-refractivity contribution in [3.8, 4) is 0 Å². The van der Waals surface area contributed by atoms with Crippen molar-refractivity contribution in [2.45, 2.75) is 18.9 Å². The van der Waals surface area contributed by atoms with Gasteiger partial charge in [0.05, 0.1) is 12.8 Å². The first-order chi connectivity index (χ1) is 6.22. The van der Waals surface area contributed by atoms with Crippen LogP contribution in [0.15, 0.2) is 11.6 Å². The fraction of sp³-hybridized carbons (Fsp3) is 0.500. The van der Waals surface area contributed by atoms with E-state index in [0.29, 0.717) is 0 Å². The Bertz CT molecular complexity index is 236. The van der Waals surface area contributed by atoms with E-state index in [4.69, 9.17) is 16.3 Å².